The number of pyridine rings is 1. The highest BCUT2D eigenvalue weighted by atomic mass is 16.3. The zero-order valence-electron chi connectivity index (χ0n) is 11.9. The zero-order chi connectivity index (χ0) is 14.0. The topological polar surface area (TPSA) is 50.9 Å². The first kappa shape index (κ1) is 13.3. The monoisotopic (exact) mass is 271 g/mol. The van der Waals surface area contributed by atoms with Crippen LogP contribution < -0.4 is 0 Å². The van der Waals surface area contributed by atoms with Crippen molar-refractivity contribution >= 4 is 0 Å². The summed E-state index contributed by atoms with van der Waals surface area (Å²) in [7, 11) is 0. The molecule has 3 rings (SSSR count). The summed E-state index contributed by atoms with van der Waals surface area (Å²) in [6.07, 6.45) is 11.3. The van der Waals surface area contributed by atoms with Crippen LogP contribution in [0.2, 0.25) is 0 Å². The molecule has 20 heavy (non-hydrogen) atoms. The number of hydrogen-bond acceptors (Lipinski definition) is 3. The van der Waals surface area contributed by atoms with Gasteiger partial charge in [0.1, 0.15) is 5.82 Å². The molecule has 0 spiro atoms. The minimum Gasteiger partial charge on any atom is -0.388 e. The lowest BCUT2D eigenvalue weighted by Gasteiger charge is -2.35. The number of imidazole rings is 1. The van der Waals surface area contributed by atoms with Crippen LogP contribution in [0.4, 0.5) is 0 Å². The van der Waals surface area contributed by atoms with E-state index in [-0.39, 0.29) is 0 Å². The second-order valence-corrected chi connectivity index (χ2v) is 6.02. The Hall–Kier alpha value is -1.68. The van der Waals surface area contributed by atoms with Gasteiger partial charge in [0, 0.05) is 30.4 Å². The molecule has 1 fully saturated rings. The maximum atomic E-state index is 10.8. The molecule has 2 heterocycles. The van der Waals surface area contributed by atoms with Crippen molar-refractivity contribution in [2.45, 2.75) is 44.8 Å². The standard InChI is InChI=1S/C16H21N3O/c1-13-2-6-16(20,7-3-13)12-19-11-10-18-15(19)14-4-8-17-9-5-14/h4-5,8-11,13,20H,2-3,6-7,12H2,1H3. The molecule has 106 valence electrons. The van der Waals surface area contributed by atoms with Crippen LogP contribution in [-0.2, 0) is 6.54 Å². The van der Waals surface area contributed by atoms with Crippen molar-refractivity contribution in [3.05, 3.63) is 36.9 Å². The minimum atomic E-state index is -0.588. The van der Waals surface area contributed by atoms with Crippen LogP contribution in [-0.4, -0.2) is 25.2 Å². The van der Waals surface area contributed by atoms with E-state index in [1.165, 1.54) is 0 Å². The van der Waals surface area contributed by atoms with Crippen LogP contribution in [0.3, 0.4) is 0 Å². The molecule has 1 aliphatic carbocycles. The molecular weight excluding hydrogens is 250 g/mol. The Bertz CT molecular complexity index is 556. The van der Waals surface area contributed by atoms with Crippen LogP contribution in [0.25, 0.3) is 11.4 Å². The maximum absolute atomic E-state index is 10.8. The van der Waals surface area contributed by atoms with Crippen molar-refractivity contribution in [2.24, 2.45) is 5.92 Å². The molecular formula is C16H21N3O. The molecule has 0 bridgehead atoms. The molecule has 2 aromatic heterocycles. The lowest BCUT2D eigenvalue weighted by atomic mass is 9.79. The zero-order valence-corrected chi connectivity index (χ0v) is 11.9. The van der Waals surface area contributed by atoms with Gasteiger partial charge in [0.2, 0.25) is 0 Å². The SMILES string of the molecule is CC1CCC(O)(Cn2ccnc2-c2ccncc2)CC1. The second kappa shape index (κ2) is 5.37. The van der Waals surface area contributed by atoms with Crippen molar-refractivity contribution in [3.63, 3.8) is 0 Å². The van der Waals surface area contributed by atoms with Gasteiger partial charge in [0.15, 0.2) is 0 Å². The van der Waals surface area contributed by atoms with Gasteiger partial charge < -0.3 is 9.67 Å². The van der Waals surface area contributed by atoms with Gasteiger partial charge >= 0.3 is 0 Å². The van der Waals surface area contributed by atoms with Crippen molar-refractivity contribution in [2.75, 3.05) is 0 Å². The van der Waals surface area contributed by atoms with Crippen molar-refractivity contribution in [1.82, 2.24) is 14.5 Å². The van der Waals surface area contributed by atoms with Crippen LogP contribution >= 0.6 is 0 Å². The third kappa shape index (κ3) is 2.75. The van der Waals surface area contributed by atoms with Gasteiger partial charge in [0.25, 0.3) is 0 Å². The highest BCUT2D eigenvalue weighted by Crippen LogP contribution is 2.33. The molecule has 1 N–H and O–H groups in total. The van der Waals surface area contributed by atoms with E-state index in [1.54, 1.807) is 18.6 Å². The number of aromatic nitrogens is 3. The van der Waals surface area contributed by atoms with Crippen molar-refractivity contribution in [3.8, 4) is 11.4 Å². The largest absolute Gasteiger partial charge is 0.388 e. The summed E-state index contributed by atoms with van der Waals surface area (Å²) in [6.45, 7) is 2.89. The molecule has 0 amide bonds. The molecule has 0 aromatic carbocycles. The Balaban J connectivity index is 1.81. The summed E-state index contributed by atoms with van der Waals surface area (Å²) >= 11 is 0. The predicted molar refractivity (Wildman–Crippen MR) is 78.0 cm³/mol. The molecule has 4 nitrogen and oxygen atoms in total. The Morgan fingerprint density at radius 2 is 1.95 bits per heavy atom. The third-order valence-corrected chi connectivity index (χ3v) is 4.32. The van der Waals surface area contributed by atoms with E-state index in [0.717, 1.165) is 43.0 Å². The average Bonchev–Trinajstić information content (AvgIpc) is 2.91. The van der Waals surface area contributed by atoms with Gasteiger partial charge in [-0.2, -0.15) is 0 Å². The fourth-order valence-corrected chi connectivity index (χ4v) is 2.97. The molecule has 1 saturated carbocycles. The van der Waals surface area contributed by atoms with Gasteiger partial charge in [-0.1, -0.05) is 6.92 Å². The minimum absolute atomic E-state index is 0.588. The molecule has 0 unspecified atom stereocenters. The van der Waals surface area contributed by atoms with Gasteiger partial charge in [-0.05, 0) is 43.7 Å². The normalized spacial score (nSPS) is 26.6. The van der Waals surface area contributed by atoms with Crippen LogP contribution in [0, 0.1) is 5.92 Å². The Labute approximate surface area is 119 Å². The Morgan fingerprint density at radius 1 is 1.25 bits per heavy atom. The molecule has 2 aromatic rings. The maximum Gasteiger partial charge on any atom is 0.140 e. The molecule has 4 heteroatoms. The first-order valence-electron chi connectivity index (χ1n) is 7.30. The lowest BCUT2D eigenvalue weighted by molar-refractivity contribution is -0.0214. The first-order valence-corrected chi connectivity index (χ1v) is 7.30. The van der Waals surface area contributed by atoms with Gasteiger partial charge in [0.05, 0.1) is 12.1 Å². The molecule has 0 atom stereocenters. The Kier molecular flexibility index (Phi) is 3.57. The molecule has 0 radical (unpaired) electrons. The molecule has 0 aliphatic heterocycles. The van der Waals surface area contributed by atoms with E-state index in [0.29, 0.717) is 6.54 Å². The van der Waals surface area contributed by atoms with Crippen LogP contribution in [0.5, 0.6) is 0 Å². The fraction of sp³-hybridized carbons (Fsp3) is 0.500. The average molecular weight is 271 g/mol. The number of hydrogen-bond donors (Lipinski definition) is 1. The predicted octanol–water partition coefficient (Wildman–Crippen LogP) is 2.89. The number of rotatable bonds is 3. The van der Waals surface area contributed by atoms with Crippen molar-refractivity contribution < 1.29 is 5.11 Å². The summed E-state index contributed by atoms with van der Waals surface area (Å²) in [6, 6.07) is 3.90. The van der Waals surface area contributed by atoms with E-state index >= 15 is 0 Å². The Morgan fingerprint density at radius 3 is 2.65 bits per heavy atom. The number of aliphatic hydroxyl groups is 1. The molecule has 1 aliphatic rings. The molecule has 0 saturated heterocycles. The van der Waals surface area contributed by atoms with E-state index < -0.39 is 5.60 Å². The van der Waals surface area contributed by atoms with E-state index in [2.05, 4.69) is 21.5 Å². The lowest BCUT2D eigenvalue weighted by Crippen LogP contribution is -2.38. The smallest absolute Gasteiger partial charge is 0.140 e. The third-order valence-electron chi connectivity index (χ3n) is 4.32. The van der Waals surface area contributed by atoms with E-state index in [4.69, 9.17) is 0 Å². The number of nitrogens with zero attached hydrogens (tertiary/aromatic N) is 3. The summed E-state index contributed by atoms with van der Waals surface area (Å²) in [5, 5.41) is 10.8. The summed E-state index contributed by atoms with van der Waals surface area (Å²) < 4.78 is 2.06. The highest BCUT2D eigenvalue weighted by molar-refractivity contribution is 5.54. The van der Waals surface area contributed by atoms with Gasteiger partial charge in [-0.25, -0.2) is 4.98 Å². The second-order valence-electron chi connectivity index (χ2n) is 6.02. The quantitative estimate of drug-likeness (QED) is 0.934. The summed E-state index contributed by atoms with van der Waals surface area (Å²) in [5.41, 5.74) is 0.451. The summed E-state index contributed by atoms with van der Waals surface area (Å²) in [5.74, 6) is 1.64. The van der Waals surface area contributed by atoms with Gasteiger partial charge in [-0.15, -0.1) is 0 Å². The van der Waals surface area contributed by atoms with Crippen molar-refractivity contribution in [1.29, 1.82) is 0 Å². The fourth-order valence-electron chi connectivity index (χ4n) is 2.97. The van der Waals surface area contributed by atoms with Crippen LogP contribution in [0.1, 0.15) is 32.6 Å². The van der Waals surface area contributed by atoms with E-state index in [1.807, 2.05) is 18.3 Å². The van der Waals surface area contributed by atoms with Crippen LogP contribution in [0.15, 0.2) is 36.9 Å². The van der Waals surface area contributed by atoms with E-state index in [9.17, 15) is 5.11 Å². The first-order chi connectivity index (χ1) is 9.66. The highest BCUT2D eigenvalue weighted by Gasteiger charge is 2.32. The summed E-state index contributed by atoms with van der Waals surface area (Å²) in [4.78, 5) is 8.46. The van der Waals surface area contributed by atoms with Gasteiger partial charge in [-0.3, -0.25) is 4.98 Å².